The molecule has 0 spiro atoms. The quantitative estimate of drug-likeness (QED) is 0.599. The van der Waals surface area contributed by atoms with Gasteiger partial charge in [-0.25, -0.2) is 8.42 Å². The molecule has 152 valence electrons. The van der Waals surface area contributed by atoms with Crippen molar-refractivity contribution in [3.05, 3.63) is 64.2 Å². The summed E-state index contributed by atoms with van der Waals surface area (Å²) >= 11 is 7.16. The summed E-state index contributed by atoms with van der Waals surface area (Å²) in [7, 11) is -3.51. The molecule has 0 radical (unpaired) electrons. The van der Waals surface area contributed by atoms with Crippen LogP contribution in [0, 0.1) is 6.92 Å². The van der Waals surface area contributed by atoms with Gasteiger partial charge in [0.25, 0.3) is 15.9 Å². The smallest absolute Gasteiger partial charge is 0.289 e. The van der Waals surface area contributed by atoms with Gasteiger partial charge in [0.05, 0.1) is 0 Å². The number of amides is 1. The predicted octanol–water partition coefficient (Wildman–Crippen LogP) is 4.12. The Morgan fingerprint density at radius 3 is 2.31 bits per heavy atom. The standard InChI is InChI=1S/C20H19ClN2O4S2/c1-14-2-9-19(28-14)29(25,26)23-12-10-22(11-13-23)20(24)18-8-7-17(27-18)15-3-5-16(21)6-4-15/h2-9H,10-13H2,1H3. The van der Waals surface area contributed by atoms with E-state index in [9.17, 15) is 13.2 Å². The minimum Gasteiger partial charge on any atom is -0.451 e. The second-order valence-electron chi connectivity index (χ2n) is 6.73. The van der Waals surface area contributed by atoms with Crippen LogP contribution in [-0.2, 0) is 10.0 Å². The van der Waals surface area contributed by atoms with Crippen LogP contribution in [0.4, 0.5) is 0 Å². The van der Waals surface area contributed by atoms with E-state index in [4.69, 9.17) is 16.0 Å². The maximum Gasteiger partial charge on any atom is 0.289 e. The first-order valence-corrected chi connectivity index (χ1v) is 11.7. The number of thiophene rings is 1. The Labute approximate surface area is 178 Å². The number of benzene rings is 1. The van der Waals surface area contributed by atoms with Gasteiger partial charge in [0.1, 0.15) is 9.97 Å². The maximum absolute atomic E-state index is 12.8. The highest BCUT2D eigenvalue weighted by molar-refractivity contribution is 7.91. The third-order valence-electron chi connectivity index (χ3n) is 4.78. The van der Waals surface area contributed by atoms with E-state index in [1.54, 1.807) is 41.3 Å². The highest BCUT2D eigenvalue weighted by Gasteiger charge is 2.32. The summed E-state index contributed by atoms with van der Waals surface area (Å²) in [5.74, 6) is 0.577. The Morgan fingerprint density at radius 1 is 1.00 bits per heavy atom. The molecule has 4 rings (SSSR count). The third-order valence-corrected chi connectivity index (χ3v) is 8.40. The number of piperazine rings is 1. The Hall–Kier alpha value is -2.13. The van der Waals surface area contributed by atoms with Gasteiger partial charge in [-0.2, -0.15) is 4.31 Å². The Bertz CT molecular complexity index is 1130. The van der Waals surface area contributed by atoms with Crippen molar-refractivity contribution >= 4 is 38.9 Å². The van der Waals surface area contributed by atoms with E-state index in [0.717, 1.165) is 10.4 Å². The zero-order chi connectivity index (χ0) is 20.6. The van der Waals surface area contributed by atoms with Crippen molar-refractivity contribution in [2.75, 3.05) is 26.2 Å². The van der Waals surface area contributed by atoms with Gasteiger partial charge in [-0.1, -0.05) is 11.6 Å². The monoisotopic (exact) mass is 450 g/mol. The van der Waals surface area contributed by atoms with E-state index in [0.29, 0.717) is 28.1 Å². The van der Waals surface area contributed by atoms with Crippen molar-refractivity contribution in [3.63, 3.8) is 0 Å². The van der Waals surface area contributed by atoms with Gasteiger partial charge in [-0.05, 0) is 55.5 Å². The van der Waals surface area contributed by atoms with Crippen molar-refractivity contribution in [3.8, 4) is 11.3 Å². The third kappa shape index (κ3) is 4.11. The summed E-state index contributed by atoms with van der Waals surface area (Å²) in [6.45, 7) is 3.03. The van der Waals surface area contributed by atoms with E-state index in [-0.39, 0.29) is 24.8 Å². The first-order valence-electron chi connectivity index (χ1n) is 9.06. The molecule has 1 amide bonds. The average molecular weight is 451 g/mol. The van der Waals surface area contributed by atoms with E-state index >= 15 is 0 Å². The Kier molecular flexibility index (Phi) is 5.52. The molecule has 1 aliphatic heterocycles. The van der Waals surface area contributed by atoms with Gasteiger partial charge >= 0.3 is 0 Å². The molecule has 2 aromatic heterocycles. The lowest BCUT2D eigenvalue weighted by atomic mass is 10.2. The number of carbonyl (C=O) groups is 1. The minimum atomic E-state index is -3.51. The van der Waals surface area contributed by atoms with Gasteiger partial charge in [-0.3, -0.25) is 4.79 Å². The lowest BCUT2D eigenvalue weighted by Crippen LogP contribution is -2.50. The zero-order valence-corrected chi connectivity index (χ0v) is 18.1. The number of nitrogens with zero attached hydrogens (tertiary/aromatic N) is 2. The van der Waals surface area contributed by atoms with Crippen LogP contribution in [0.25, 0.3) is 11.3 Å². The van der Waals surface area contributed by atoms with Crippen molar-refractivity contribution in [2.45, 2.75) is 11.1 Å². The second-order valence-corrected chi connectivity index (χ2v) is 10.6. The molecule has 6 nitrogen and oxygen atoms in total. The fourth-order valence-corrected chi connectivity index (χ4v) is 6.17. The highest BCUT2D eigenvalue weighted by Crippen LogP contribution is 2.27. The van der Waals surface area contributed by atoms with Crippen LogP contribution in [0.3, 0.4) is 0 Å². The summed E-state index contributed by atoms with van der Waals surface area (Å²) in [5.41, 5.74) is 0.829. The number of furan rings is 1. The van der Waals surface area contributed by atoms with Gasteiger partial charge in [-0.15, -0.1) is 11.3 Å². The lowest BCUT2D eigenvalue weighted by Gasteiger charge is -2.33. The van der Waals surface area contributed by atoms with Crippen LogP contribution in [0.5, 0.6) is 0 Å². The van der Waals surface area contributed by atoms with Gasteiger partial charge < -0.3 is 9.32 Å². The van der Waals surface area contributed by atoms with Gasteiger partial charge in [0.2, 0.25) is 0 Å². The first-order chi connectivity index (χ1) is 13.8. The maximum atomic E-state index is 12.8. The summed E-state index contributed by atoms with van der Waals surface area (Å²) in [5, 5.41) is 0.627. The molecule has 9 heteroatoms. The van der Waals surface area contributed by atoms with Crippen molar-refractivity contribution in [1.82, 2.24) is 9.21 Å². The molecule has 0 bridgehead atoms. The predicted molar refractivity (Wildman–Crippen MR) is 113 cm³/mol. The average Bonchev–Trinajstić information content (AvgIpc) is 3.38. The molecule has 0 atom stereocenters. The molecule has 1 fully saturated rings. The van der Waals surface area contributed by atoms with Crippen LogP contribution < -0.4 is 0 Å². The SMILES string of the molecule is Cc1ccc(S(=O)(=O)N2CCN(C(=O)c3ccc(-c4ccc(Cl)cc4)o3)CC2)s1. The van der Waals surface area contributed by atoms with E-state index in [1.165, 1.54) is 15.6 Å². The second kappa shape index (κ2) is 7.95. The van der Waals surface area contributed by atoms with E-state index in [2.05, 4.69) is 0 Å². The van der Waals surface area contributed by atoms with Gasteiger partial charge in [0, 0.05) is 41.6 Å². The first kappa shape index (κ1) is 20.2. The van der Waals surface area contributed by atoms with E-state index in [1.807, 2.05) is 19.1 Å². The molecule has 3 aromatic rings. The summed E-state index contributed by atoms with van der Waals surface area (Å²) in [6.07, 6.45) is 0. The number of hydrogen-bond donors (Lipinski definition) is 0. The summed E-state index contributed by atoms with van der Waals surface area (Å²) < 4.78 is 33.0. The number of rotatable bonds is 4. The van der Waals surface area contributed by atoms with Gasteiger partial charge in [0.15, 0.2) is 5.76 Å². The van der Waals surface area contributed by atoms with E-state index < -0.39 is 10.0 Å². The van der Waals surface area contributed by atoms with Crippen LogP contribution in [0.15, 0.2) is 57.2 Å². The van der Waals surface area contributed by atoms with Crippen LogP contribution in [-0.4, -0.2) is 49.7 Å². The number of halogens is 1. The zero-order valence-electron chi connectivity index (χ0n) is 15.7. The number of sulfonamides is 1. The number of carbonyl (C=O) groups excluding carboxylic acids is 1. The molecule has 1 saturated heterocycles. The number of aryl methyl sites for hydroxylation is 1. The molecule has 3 heterocycles. The fraction of sp³-hybridized carbons (Fsp3) is 0.250. The molecule has 0 saturated carbocycles. The largest absolute Gasteiger partial charge is 0.451 e. The summed E-state index contributed by atoms with van der Waals surface area (Å²) in [4.78, 5) is 15.3. The fourth-order valence-electron chi connectivity index (χ4n) is 3.19. The van der Waals surface area contributed by atoms with Crippen LogP contribution in [0.2, 0.25) is 5.02 Å². The molecular formula is C20H19ClN2O4S2. The van der Waals surface area contributed by atoms with Crippen molar-refractivity contribution < 1.29 is 17.6 Å². The Balaban J connectivity index is 1.42. The number of hydrogen-bond acceptors (Lipinski definition) is 5. The molecule has 1 aromatic carbocycles. The van der Waals surface area contributed by atoms with Crippen LogP contribution >= 0.6 is 22.9 Å². The minimum absolute atomic E-state index is 0.236. The van der Waals surface area contributed by atoms with Crippen LogP contribution in [0.1, 0.15) is 15.4 Å². The molecule has 0 aliphatic carbocycles. The summed E-state index contributed by atoms with van der Waals surface area (Å²) in [6, 6.07) is 14.0. The molecule has 0 unspecified atom stereocenters. The molecule has 0 N–H and O–H groups in total. The topological polar surface area (TPSA) is 70.8 Å². The van der Waals surface area contributed by atoms with Crippen molar-refractivity contribution in [1.29, 1.82) is 0 Å². The normalized spacial score (nSPS) is 15.6. The van der Waals surface area contributed by atoms with Crippen molar-refractivity contribution in [2.24, 2.45) is 0 Å². The highest BCUT2D eigenvalue weighted by atomic mass is 35.5. The lowest BCUT2D eigenvalue weighted by molar-refractivity contribution is 0.0667. The molecule has 1 aliphatic rings. The Morgan fingerprint density at radius 2 is 1.69 bits per heavy atom. The molecular weight excluding hydrogens is 432 g/mol. The molecule has 29 heavy (non-hydrogen) atoms.